The Kier molecular flexibility index (Phi) is 4.43. The molecule has 0 radical (unpaired) electrons. The van der Waals surface area contributed by atoms with Crippen molar-refractivity contribution in [3.05, 3.63) is 54.0 Å². The molecule has 1 aromatic carbocycles. The molecule has 1 atom stereocenters. The van der Waals surface area contributed by atoms with Gasteiger partial charge in [0.2, 0.25) is 5.91 Å². The van der Waals surface area contributed by atoms with E-state index in [0.29, 0.717) is 17.7 Å². The van der Waals surface area contributed by atoms with Crippen molar-refractivity contribution >= 4 is 17.5 Å². The fourth-order valence-electron chi connectivity index (χ4n) is 2.65. The summed E-state index contributed by atoms with van der Waals surface area (Å²) in [6, 6.07) is 9.68. The van der Waals surface area contributed by atoms with Gasteiger partial charge in [0.1, 0.15) is 11.8 Å². The highest BCUT2D eigenvalue weighted by Gasteiger charge is 2.22. The first kappa shape index (κ1) is 15.3. The Morgan fingerprint density at radius 1 is 1.30 bits per heavy atom. The molecule has 0 bridgehead atoms. The molecule has 1 aromatic heterocycles. The summed E-state index contributed by atoms with van der Waals surface area (Å²) in [5.74, 6) is 0.306. The van der Waals surface area contributed by atoms with E-state index in [2.05, 4.69) is 5.32 Å². The maximum Gasteiger partial charge on any atom is 0.251 e. The number of furan rings is 1. The fourth-order valence-corrected chi connectivity index (χ4v) is 2.65. The first-order valence-electron chi connectivity index (χ1n) is 7.54. The first-order valence-corrected chi connectivity index (χ1v) is 7.54. The van der Waals surface area contributed by atoms with Crippen molar-refractivity contribution in [2.45, 2.75) is 18.9 Å². The molecule has 23 heavy (non-hydrogen) atoms. The van der Waals surface area contributed by atoms with Crippen molar-refractivity contribution in [2.24, 2.45) is 0 Å². The normalized spacial score (nSPS) is 15.7. The number of rotatable bonds is 5. The van der Waals surface area contributed by atoms with E-state index in [1.54, 1.807) is 41.3 Å². The molecule has 1 saturated heterocycles. The molecule has 2 aromatic rings. The summed E-state index contributed by atoms with van der Waals surface area (Å²) < 4.78 is 5.20. The zero-order valence-electron chi connectivity index (χ0n) is 12.6. The molecule has 3 rings (SSSR count). The second-order valence-corrected chi connectivity index (χ2v) is 5.42. The number of aliphatic hydroxyl groups is 1. The van der Waals surface area contributed by atoms with Gasteiger partial charge in [-0.1, -0.05) is 0 Å². The Balaban J connectivity index is 1.69. The second-order valence-electron chi connectivity index (χ2n) is 5.42. The number of anilines is 1. The maximum absolute atomic E-state index is 12.3. The summed E-state index contributed by atoms with van der Waals surface area (Å²) in [6.45, 7) is 0.467. The van der Waals surface area contributed by atoms with Gasteiger partial charge in [-0.15, -0.1) is 0 Å². The van der Waals surface area contributed by atoms with Gasteiger partial charge in [-0.2, -0.15) is 0 Å². The molecule has 2 N–H and O–H groups in total. The van der Waals surface area contributed by atoms with Gasteiger partial charge in [-0.25, -0.2) is 0 Å². The molecule has 0 saturated carbocycles. The van der Waals surface area contributed by atoms with Crippen molar-refractivity contribution in [1.82, 2.24) is 5.32 Å². The van der Waals surface area contributed by atoms with Gasteiger partial charge in [-0.3, -0.25) is 9.59 Å². The van der Waals surface area contributed by atoms with Crippen LogP contribution in [0.25, 0.3) is 0 Å². The average Bonchev–Trinajstić information content (AvgIpc) is 3.24. The third-order valence-electron chi connectivity index (χ3n) is 3.89. The lowest BCUT2D eigenvalue weighted by Crippen LogP contribution is -2.30. The van der Waals surface area contributed by atoms with Crippen LogP contribution in [-0.4, -0.2) is 30.1 Å². The number of hydrogen-bond acceptors (Lipinski definition) is 4. The minimum Gasteiger partial charge on any atom is -0.467 e. The molecule has 2 amide bonds. The molecule has 1 aliphatic rings. The molecular weight excluding hydrogens is 296 g/mol. The SMILES string of the molecule is O=C(NC(CO)c1ccco1)c1ccc(N2CCCC2=O)cc1. The third kappa shape index (κ3) is 3.27. The van der Waals surface area contributed by atoms with Crippen LogP contribution in [0.2, 0.25) is 0 Å². The first-order chi connectivity index (χ1) is 11.2. The molecular formula is C17H18N2O4. The van der Waals surface area contributed by atoms with Crippen LogP contribution in [0.5, 0.6) is 0 Å². The molecule has 0 aliphatic carbocycles. The lowest BCUT2D eigenvalue weighted by atomic mass is 10.1. The standard InChI is InChI=1S/C17H18N2O4/c20-11-14(15-3-2-10-23-15)18-17(22)12-5-7-13(8-6-12)19-9-1-4-16(19)21/h2-3,5-8,10,14,20H,1,4,9,11H2,(H,18,22). The van der Waals surface area contributed by atoms with Gasteiger partial charge in [0.25, 0.3) is 5.91 Å². The number of carbonyl (C=O) groups is 2. The van der Waals surface area contributed by atoms with Gasteiger partial charge < -0.3 is 19.7 Å². The molecule has 6 nitrogen and oxygen atoms in total. The summed E-state index contributed by atoms with van der Waals surface area (Å²) in [5, 5.41) is 12.1. The van der Waals surface area contributed by atoms with Crippen LogP contribution in [0.3, 0.4) is 0 Å². The van der Waals surface area contributed by atoms with Crippen molar-refractivity contribution in [1.29, 1.82) is 0 Å². The number of nitrogens with zero attached hydrogens (tertiary/aromatic N) is 1. The maximum atomic E-state index is 12.3. The highest BCUT2D eigenvalue weighted by Crippen LogP contribution is 2.22. The predicted octanol–water partition coefficient (Wildman–Crippen LogP) is 1.87. The van der Waals surface area contributed by atoms with Gasteiger partial charge in [0, 0.05) is 24.2 Å². The van der Waals surface area contributed by atoms with Crippen LogP contribution < -0.4 is 10.2 Å². The van der Waals surface area contributed by atoms with Crippen LogP contribution in [0.15, 0.2) is 47.1 Å². The van der Waals surface area contributed by atoms with E-state index in [9.17, 15) is 14.7 Å². The summed E-state index contributed by atoms with van der Waals surface area (Å²) >= 11 is 0. The molecule has 120 valence electrons. The summed E-state index contributed by atoms with van der Waals surface area (Å²) in [4.78, 5) is 25.7. The largest absolute Gasteiger partial charge is 0.467 e. The Morgan fingerprint density at radius 2 is 2.09 bits per heavy atom. The van der Waals surface area contributed by atoms with Gasteiger partial charge >= 0.3 is 0 Å². The number of carbonyl (C=O) groups excluding carboxylic acids is 2. The van der Waals surface area contributed by atoms with E-state index >= 15 is 0 Å². The topological polar surface area (TPSA) is 82.8 Å². The second kappa shape index (κ2) is 6.66. The number of amides is 2. The number of hydrogen-bond donors (Lipinski definition) is 2. The highest BCUT2D eigenvalue weighted by molar-refractivity contribution is 5.97. The van der Waals surface area contributed by atoms with E-state index in [1.807, 2.05) is 0 Å². The van der Waals surface area contributed by atoms with Crippen LogP contribution >= 0.6 is 0 Å². The molecule has 6 heteroatoms. The van der Waals surface area contributed by atoms with E-state index < -0.39 is 6.04 Å². The average molecular weight is 314 g/mol. The summed E-state index contributed by atoms with van der Waals surface area (Å²) in [6.07, 6.45) is 2.93. The molecule has 0 spiro atoms. The van der Waals surface area contributed by atoms with E-state index in [-0.39, 0.29) is 18.4 Å². The van der Waals surface area contributed by atoms with Crippen molar-refractivity contribution < 1.29 is 19.1 Å². The zero-order chi connectivity index (χ0) is 16.2. The van der Waals surface area contributed by atoms with Gasteiger partial charge in [0.15, 0.2) is 0 Å². The lowest BCUT2D eigenvalue weighted by molar-refractivity contribution is -0.117. The van der Waals surface area contributed by atoms with Crippen LogP contribution in [0, 0.1) is 0 Å². The lowest BCUT2D eigenvalue weighted by Gasteiger charge is -2.17. The quantitative estimate of drug-likeness (QED) is 0.882. The Labute approximate surface area is 133 Å². The number of aliphatic hydroxyl groups excluding tert-OH is 1. The monoisotopic (exact) mass is 314 g/mol. The minimum atomic E-state index is -0.586. The number of benzene rings is 1. The van der Waals surface area contributed by atoms with Crippen LogP contribution in [-0.2, 0) is 4.79 Å². The van der Waals surface area contributed by atoms with E-state index in [0.717, 1.165) is 18.7 Å². The smallest absolute Gasteiger partial charge is 0.251 e. The van der Waals surface area contributed by atoms with Crippen LogP contribution in [0.1, 0.15) is 35.0 Å². The van der Waals surface area contributed by atoms with Crippen molar-refractivity contribution in [2.75, 3.05) is 18.1 Å². The fraction of sp³-hybridized carbons (Fsp3) is 0.294. The minimum absolute atomic E-state index is 0.111. The van der Waals surface area contributed by atoms with Crippen molar-refractivity contribution in [3.8, 4) is 0 Å². The number of nitrogens with one attached hydrogen (secondary N) is 1. The summed E-state index contributed by atoms with van der Waals surface area (Å²) in [5.41, 5.74) is 1.26. The Morgan fingerprint density at radius 3 is 2.65 bits per heavy atom. The highest BCUT2D eigenvalue weighted by atomic mass is 16.3. The van der Waals surface area contributed by atoms with Gasteiger partial charge in [0.05, 0.1) is 12.9 Å². The molecule has 2 heterocycles. The van der Waals surface area contributed by atoms with E-state index in [1.165, 1.54) is 6.26 Å². The molecule has 1 aliphatic heterocycles. The van der Waals surface area contributed by atoms with E-state index in [4.69, 9.17) is 4.42 Å². The van der Waals surface area contributed by atoms with Crippen molar-refractivity contribution in [3.63, 3.8) is 0 Å². The third-order valence-corrected chi connectivity index (χ3v) is 3.89. The predicted molar refractivity (Wildman–Crippen MR) is 84.0 cm³/mol. The Bertz CT molecular complexity index is 679. The Hall–Kier alpha value is -2.60. The molecule has 1 fully saturated rings. The zero-order valence-corrected chi connectivity index (χ0v) is 12.6. The summed E-state index contributed by atoms with van der Waals surface area (Å²) in [7, 11) is 0. The van der Waals surface area contributed by atoms with Crippen LogP contribution in [0.4, 0.5) is 5.69 Å². The van der Waals surface area contributed by atoms with Gasteiger partial charge in [-0.05, 0) is 42.8 Å². The molecule has 1 unspecified atom stereocenters.